The smallest absolute Gasteiger partial charge is 0.233 e. The van der Waals surface area contributed by atoms with Gasteiger partial charge in [0.25, 0.3) is 0 Å². The lowest BCUT2D eigenvalue weighted by Crippen LogP contribution is -2.53. The molecule has 4 heteroatoms. The Kier molecular flexibility index (Phi) is 3.50. The monoisotopic (exact) mass is 278 g/mol. The molecule has 0 atom stereocenters. The van der Waals surface area contributed by atoms with Crippen LogP contribution in [0.15, 0.2) is 24.3 Å². The number of hydrogen-bond donors (Lipinski definition) is 1. The van der Waals surface area contributed by atoms with Crippen molar-refractivity contribution in [2.75, 3.05) is 24.5 Å². The molecule has 0 radical (unpaired) electrons. The van der Waals surface area contributed by atoms with E-state index >= 15 is 0 Å². The fourth-order valence-corrected chi connectivity index (χ4v) is 3.51. The highest BCUT2D eigenvalue weighted by Crippen LogP contribution is 2.40. The van der Waals surface area contributed by atoms with Gasteiger partial charge in [-0.1, -0.05) is 17.7 Å². The Morgan fingerprint density at radius 1 is 1.21 bits per heavy atom. The largest absolute Gasteiger partial charge is 0.317 e. The van der Waals surface area contributed by atoms with Crippen molar-refractivity contribution in [2.24, 2.45) is 5.41 Å². The van der Waals surface area contributed by atoms with Gasteiger partial charge in [0, 0.05) is 17.3 Å². The van der Waals surface area contributed by atoms with Gasteiger partial charge in [0.2, 0.25) is 5.91 Å². The molecule has 3 nitrogen and oxygen atoms in total. The molecule has 1 N–H and O–H groups in total. The first-order valence-corrected chi connectivity index (χ1v) is 7.37. The summed E-state index contributed by atoms with van der Waals surface area (Å²) >= 11 is 6.04. The van der Waals surface area contributed by atoms with E-state index in [1.165, 1.54) is 0 Å². The second kappa shape index (κ2) is 5.14. The average molecular weight is 279 g/mol. The highest BCUT2D eigenvalue weighted by Gasteiger charge is 2.44. The van der Waals surface area contributed by atoms with Gasteiger partial charge in [-0.2, -0.15) is 0 Å². The van der Waals surface area contributed by atoms with Gasteiger partial charge in [0.05, 0.1) is 5.41 Å². The van der Waals surface area contributed by atoms with Crippen molar-refractivity contribution in [3.05, 3.63) is 29.3 Å². The number of hydrogen-bond acceptors (Lipinski definition) is 2. The van der Waals surface area contributed by atoms with Crippen LogP contribution in [0.4, 0.5) is 5.69 Å². The lowest BCUT2D eigenvalue weighted by atomic mass is 9.72. The van der Waals surface area contributed by atoms with E-state index in [0.717, 1.165) is 51.0 Å². The molecule has 1 aromatic carbocycles. The maximum atomic E-state index is 12.9. The quantitative estimate of drug-likeness (QED) is 0.857. The predicted molar refractivity (Wildman–Crippen MR) is 77.6 cm³/mol. The van der Waals surface area contributed by atoms with Gasteiger partial charge in [-0.15, -0.1) is 0 Å². The molecule has 2 aliphatic heterocycles. The van der Waals surface area contributed by atoms with Gasteiger partial charge in [-0.25, -0.2) is 0 Å². The van der Waals surface area contributed by atoms with Crippen LogP contribution in [-0.2, 0) is 4.79 Å². The Hall–Kier alpha value is -1.06. The van der Waals surface area contributed by atoms with Crippen molar-refractivity contribution in [3.8, 4) is 0 Å². The van der Waals surface area contributed by atoms with Crippen molar-refractivity contribution in [2.45, 2.75) is 25.7 Å². The second-order valence-corrected chi connectivity index (χ2v) is 6.01. The van der Waals surface area contributed by atoms with Gasteiger partial charge in [0.1, 0.15) is 0 Å². The van der Waals surface area contributed by atoms with E-state index in [4.69, 9.17) is 11.6 Å². The number of carbonyl (C=O) groups excluding carboxylic acids is 1. The number of nitrogens with one attached hydrogen (secondary N) is 1. The van der Waals surface area contributed by atoms with Crippen molar-refractivity contribution >= 4 is 23.2 Å². The Morgan fingerprint density at radius 2 is 2.00 bits per heavy atom. The topological polar surface area (TPSA) is 32.3 Å². The molecular formula is C15H19ClN2O. The van der Waals surface area contributed by atoms with E-state index in [1.807, 2.05) is 29.2 Å². The van der Waals surface area contributed by atoms with Crippen LogP contribution in [0, 0.1) is 5.41 Å². The molecule has 2 saturated heterocycles. The lowest BCUT2D eigenvalue weighted by molar-refractivity contribution is -0.132. The van der Waals surface area contributed by atoms with Crippen LogP contribution in [0.25, 0.3) is 0 Å². The Balaban J connectivity index is 1.88. The van der Waals surface area contributed by atoms with Crippen LogP contribution in [-0.4, -0.2) is 25.5 Å². The Morgan fingerprint density at radius 3 is 2.74 bits per heavy atom. The molecular weight excluding hydrogens is 260 g/mol. The fourth-order valence-electron chi connectivity index (χ4n) is 3.33. The van der Waals surface area contributed by atoms with Crippen molar-refractivity contribution in [1.29, 1.82) is 0 Å². The molecule has 102 valence electrons. The number of carbonyl (C=O) groups is 1. The van der Waals surface area contributed by atoms with E-state index in [0.29, 0.717) is 10.9 Å². The summed E-state index contributed by atoms with van der Waals surface area (Å²) in [6.07, 6.45) is 4.04. The summed E-state index contributed by atoms with van der Waals surface area (Å²) in [5.74, 6) is 0.294. The molecule has 3 rings (SSSR count). The first kappa shape index (κ1) is 12.9. The van der Waals surface area contributed by atoms with Crippen LogP contribution >= 0.6 is 11.6 Å². The van der Waals surface area contributed by atoms with Crippen molar-refractivity contribution < 1.29 is 4.79 Å². The van der Waals surface area contributed by atoms with E-state index in [-0.39, 0.29) is 5.41 Å². The third-order valence-corrected chi connectivity index (χ3v) is 4.65. The van der Waals surface area contributed by atoms with Gasteiger partial charge >= 0.3 is 0 Å². The summed E-state index contributed by atoms with van der Waals surface area (Å²) in [4.78, 5) is 14.8. The maximum Gasteiger partial charge on any atom is 0.233 e. The normalized spacial score (nSPS) is 22.8. The van der Waals surface area contributed by atoms with Gasteiger partial charge in [-0.05, 0) is 57.0 Å². The van der Waals surface area contributed by atoms with E-state index < -0.39 is 0 Å². The molecule has 1 amide bonds. The number of nitrogens with zero attached hydrogens (tertiary/aromatic N) is 1. The highest BCUT2D eigenvalue weighted by molar-refractivity contribution is 6.30. The molecule has 0 saturated carbocycles. The molecule has 2 fully saturated rings. The highest BCUT2D eigenvalue weighted by atomic mass is 35.5. The van der Waals surface area contributed by atoms with Crippen LogP contribution < -0.4 is 10.2 Å². The van der Waals surface area contributed by atoms with Crippen LogP contribution in [0.5, 0.6) is 0 Å². The number of piperidine rings is 2. The average Bonchev–Trinajstić information content (AvgIpc) is 2.43. The molecule has 0 aliphatic carbocycles. The van der Waals surface area contributed by atoms with Crippen LogP contribution in [0.1, 0.15) is 25.7 Å². The molecule has 0 bridgehead atoms. The van der Waals surface area contributed by atoms with Crippen molar-refractivity contribution in [3.63, 3.8) is 0 Å². The minimum absolute atomic E-state index is 0.133. The van der Waals surface area contributed by atoms with Crippen molar-refractivity contribution in [1.82, 2.24) is 5.32 Å². The fraction of sp³-hybridized carbons (Fsp3) is 0.533. The summed E-state index contributed by atoms with van der Waals surface area (Å²) in [5.41, 5.74) is 0.807. The minimum atomic E-state index is -0.133. The number of rotatable bonds is 1. The Labute approximate surface area is 118 Å². The molecule has 1 spiro atoms. The molecule has 1 aromatic rings. The summed E-state index contributed by atoms with van der Waals surface area (Å²) in [6.45, 7) is 2.72. The summed E-state index contributed by atoms with van der Waals surface area (Å²) in [6, 6.07) is 7.62. The third-order valence-electron chi connectivity index (χ3n) is 4.42. The predicted octanol–water partition coefficient (Wildman–Crippen LogP) is 2.84. The third kappa shape index (κ3) is 2.37. The van der Waals surface area contributed by atoms with E-state index in [2.05, 4.69) is 5.32 Å². The minimum Gasteiger partial charge on any atom is -0.317 e. The van der Waals surface area contributed by atoms with Gasteiger partial charge in [0.15, 0.2) is 0 Å². The molecule has 2 heterocycles. The number of benzene rings is 1. The van der Waals surface area contributed by atoms with E-state index in [9.17, 15) is 4.79 Å². The number of anilines is 1. The first-order chi connectivity index (χ1) is 9.21. The van der Waals surface area contributed by atoms with Crippen LogP contribution in [0.2, 0.25) is 5.02 Å². The standard InChI is InChI=1S/C15H19ClN2O/c16-12-3-1-4-13(11-12)18-10-2-5-15(14(18)19)6-8-17-9-7-15/h1,3-4,11,17H,2,5-10H2. The summed E-state index contributed by atoms with van der Waals surface area (Å²) in [5, 5.41) is 4.04. The second-order valence-electron chi connectivity index (χ2n) is 5.57. The molecule has 19 heavy (non-hydrogen) atoms. The van der Waals surface area contributed by atoms with Gasteiger partial charge < -0.3 is 10.2 Å². The Bertz CT molecular complexity index is 477. The SMILES string of the molecule is O=C1N(c2cccc(Cl)c2)CCCC12CCNCC2. The van der Waals surface area contributed by atoms with E-state index in [1.54, 1.807) is 0 Å². The summed E-state index contributed by atoms with van der Waals surface area (Å²) in [7, 11) is 0. The maximum absolute atomic E-state index is 12.9. The number of amides is 1. The lowest BCUT2D eigenvalue weighted by Gasteiger charge is -2.44. The molecule has 2 aliphatic rings. The zero-order valence-electron chi connectivity index (χ0n) is 11.0. The number of halogens is 1. The summed E-state index contributed by atoms with van der Waals surface area (Å²) < 4.78 is 0. The molecule has 0 unspecified atom stereocenters. The van der Waals surface area contributed by atoms with Gasteiger partial charge in [-0.3, -0.25) is 4.79 Å². The molecule has 0 aromatic heterocycles. The first-order valence-electron chi connectivity index (χ1n) is 7.00. The zero-order chi connectivity index (χ0) is 13.3. The van der Waals surface area contributed by atoms with Crippen LogP contribution in [0.3, 0.4) is 0 Å². The zero-order valence-corrected chi connectivity index (χ0v) is 11.7.